The third-order valence-electron chi connectivity index (χ3n) is 2.71. The number of fused-ring (bicyclic) bond motifs is 1. The number of amides is 1. The van der Waals surface area contributed by atoms with Gasteiger partial charge in [0, 0.05) is 11.0 Å². The molecule has 1 aromatic carbocycles. The van der Waals surface area contributed by atoms with Gasteiger partial charge in [-0.25, -0.2) is 9.82 Å². The number of hydrogen-bond donors (Lipinski definition) is 3. The third-order valence-corrected chi connectivity index (χ3v) is 2.71. The first-order chi connectivity index (χ1) is 8.79. The van der Waals surface area contributed by atoms with Crippen molar-refractivity contribution in [2.45, 2.75) is 32.9 Å². The molecule has 7 heteroatoms. The van der Waals surface area contributed by atoms with E-state index in [1.54, 1.807) is 6.07 Å². The number of rotatable bonds is 2. The van der Waals surface area contributed by atoms with Crippen molar-refractivity contribution in [3.63, 3.8) is 0 Å². The second kappa shape index (κ2) is 4.92. The van der Waals surface area contributed by atoms with Gasteiger partial charge in [-0.15, -0.1) is 0 Å². The Bertz CT molecular complexity index is 516. The van der Waals surface area contributed by atoms with E-state index in [1.807, 2.05) is 20.8 Å². The number of carbonyl (C=O) groups excluding carboxylic acids is 1. The molecule has 1 aliphatic rings. The summed E-state index contributed by atoms with van der Waals surface area (Å²) in [6.45, 7) is 5.74. The third kappa shape index (κ3) is 2.94. The van der Waals surface area contributed by atoms with Crippen molar-refractivity contribution in [3.05, 3.63) is 29.1 Å². The van der Waals surface area contributed by atoms with E-state index >= 15 is 0 Å². The summed E-state index contributed by atoms with van der Waals surface area (Å²) in [6.07, 6.45) is 0. The average molecular weight is 266 g/mol. The molecule has 0 unspecified atom stereocenters. The molecule has 0 fully saturated rings. The zero-order chi connectivity index (χ0) is 14.2. The molecule has 5 nitrogen and oxygen atoms in total. The fourth-order valence-corrected chi connectivity index (χ4v) is 1.76. The van der Waals surface area contributed by atoms with Crippen molar-refractivity contribution in [1.82, 2.24) is 10.9 Å². The number of halogens is 1. The van der Waals surface area contributed by atoms with Crippen molar-refractivity contribution in [1.29, 1.82) is 0 Å². The van der Waals surface area contributed by atoms with Crippen LogP contribution in [0.2, 0.25) is 0 Å². The molecule has 3 N–H and O–H groups in total. The van der Waals surface area contributed by atoms with Crippen molar-refractivity contribution in [2.24, 2.45) is 0 Å². The molecule has 0 spiro atoms. The van der Waals surface area contributed by atoms with E-state index < -0.39 is 18.8 Å². The Morgan fingerprint density at radius 2 is 2.16 bits per heavy atom. The first-order valence-electron chi connectivity index (χ1n) is 5.98. The molecule has 1 amide bonds. The molecule has 0 saturated carbocycles. The molecule has 0 saturated heterocycles. The summed E-state index contributed by atoms with van der Waals surface area (Å²) in [6, 6.07) is 2.97. The summed E-state index contributed by atoms with van der Waals surface area (Å²) >= 11 is 0. The monoisotopic (exact) mass is 266 g/mol. The molecule has 0 aliphatic carbocycles. The maximum atomic E-state index is 14.2. The second-order valence-electron chi connectivity index (χ2n) is 5.49. The number of hydrogen-bond acceptors (Lipinski definition) is 4. The fraction of sp³-hybridized carbons (Fsp3) is 0.417. The van der Waals surface area contributed by atoms with Gasteiger partial charge in [0.15, 0.2) is 0 Å². The van der Waals surface area contributed by atoms with E-state index in [0.717, 1.165) is 0 Å². The zero-order valence-corrected chi connectivity index (χ0v) is 11.1. The summed E-state index contributed by atoms with van der Waals surface area (Å²) in [4.78, 5) is 11.9. The molecule has 0 radical (unpaired) electrons. The summed E-state index contributed by atoms with van der Waals surface area (Å²) in [5.74, 6) is -1.33. The molecule has 0 aromatic heterocycles. The highest BCUT2D eigenvalue weighted by Gasteiger charge is 2.33. The van der Waals surface area contributed by atoms with Gasteiger partial charge in [-0.2, -0.15) is 0 Å². The lowest BCUT2D eigenvalue weighted by Gasteiger charge is -2.21. The van der Waals surface area contributed by atoms with Crippen LogP contribution in [0.3, 0.4) is 0 Å². The van der Waals surface area contributed by atoms with Crippen LogP contribution in [-0.4, -0.2) is 23.6 Å². The van der Waals surface area contributed by atoms with Gasteiger partial charge >= 0.3 is 7.12 Å². The molecule has 1 aliphatic heterocycles. The first-order valence-corrected chi connectivity index (χ1v) is 5.98. The summed E-state index contributed by atoms with van der Waals surface area (Å²) in [5, 5.41) is 9.52. The lowest BCUT2D eigenvalue weighted by Crippen LogP contribution is -2.49. The molecule has 2 rings (SSSR count). The highest BCUT2D eigenvalue weighted by atomic mass is 19.1. The van der Waals surface area contributed by atoms with E-state index in [0.29, 0.717) is 5.56 Å². The van der Waals surface area contributed by atoms with Crippen LogP contribution >= 0.6 is 0 Å². The van der Waals surface area contributed by atoms with Crippen LogP contribution in [0, 0.1) is 5.82 Å². The minimum Gasteiger partial charge on any atom is -0.423 e. The highest BCUT2D eigenvalue weighted by Crippen LogP contribution is 2.15. The van der Waals surface area contributed by atoms with Crippen molar-refractivity contribution >= 4 is 18.5 Å². The van der Waals surface area contributed by atoms with Gasteiger partial charge in [-0.05, 0) is 32.4 Å². The van der Waals surface area contributed by atoms with Crippen LogP contribution in [0.1, 0.15) is 36.7 Å². The largest absolute Gasteiger partial charge is 0.494 e. The Kier molecular flexibility index (Phi) is 3.62. The predicted molar refractivity (Wildman–Crippen MR) is 69.2 cm³/mol. The Labute approximate surface area is 111 Å². The van der Waals surface area contributed by atoms with Gasteiger partial charge in [0.2, 0.25) is 0 Å². The van der Waals surface area contributed by atoms with Gasteiger partial charge in [-0.1, -0.05) is 6.07 Å². The maximum Gasteiger partial charge on any atom is 0.494 e. The van der Waals surface area contributed by atoms with Crippen molar-refractivity contribution < 1.29 is 18.9 Å². The molecule has 0 atom stereocenters. The molecule has 1 heterocycles. The molecule has 102 valence electrons. The highest BCUT2D eigenvalue weighted by molar-refractivity contribution is 6.61. The van der Waals surface area contributed by atoms with Gasteiger partial charge in [-0.3, -0.25) is 10.2 Å². The van der Waals surface area contributed by atoms with E-state index in [2.05, 4.69) is 10.9 Å². The van der Waals surface area contributed by atoms with Gasteiger partial charge in [0.25, 0.3) is 5.91 Å². The van der Waals surface area contributed by atoms with Crippen molar-refractivity contribution in [3.8, 4) is 0 Å². The zero-order valence-electron chi connectivity index (χ0n) is 11.1. The topological polar surface area (TPSA) is 70.6 Å². The smallest absolute Gasteiger partial charge is 0.423 e. The summed E-state index contributed by atoms with van der Waals surface area (Å²) < 4.78 is 19.1. The lowest BCUT2D eigenvalue weighted by atomic mass is 9.78. The molecule has 1 aromatic rings. The van der Waals surface area contributed by atoms with Gasteiger partial charge in [0.1, 0.15) is 5.82 Å². The Hall–Kier alpha value is -1.44. The summed E-state index contributed by atoms with van der Waals surface area (Å²) in [5.41, 5.74) is 5.35. The quantitative estimate of drug-likeness (QED) is 0.523. The molecule has 0 bridgehead atoms. The minimum absolute atomic E-state index is 0.0448. The van der Waals surface area contributed by atoms with E-state index in [1.165, 1.54) is 6.07 Å². The van der Waals surface area contributed by atoms with Crippen LogP contribution < -0.4 is 16.3 Å². The SMILES string of the molecule is CC(C)(C)NNC(=O)c1ccc2c(c1F)B(O)OC2. The van der Waals surface area contributed by atoms with Gasteiger partial charge < -0.3 is 9.68 Å². The standard InChI is InChI=1S/C12H16BFN2O3/c1-12(2,3)16-15-11(17)8-5-4-7-6-19-13(18)9(7)10(8)14/h4-5,16,18H,6H2,1-3H3,(H,15,17). The second-order valence-corrected chi connectivity index (χ2v) is 5.49. The van der Waals surface area contributed by atoms with Gasteiger partial charge in [0.05, 0.1) is 12.2 Å². The number of nitrogens with one attached hydrogen (secondary N) is 2. The first kappa shape index (κ1) is 14.0. The van der Waals surface area contributed by atoms with Crippen LogP contribution in [0.25, 0.3) is 0 Å². The Morgan fingerprint density at radius 1 is 1.47 bits per heavy atom. The molecular weight excluding hydrogens is 250 g/mol. The average Bonchev–Trinajstić information content (AvgIpc) is 2.68. The Morgan fingerprint density at radius 3 is 2.79 bits per heavy atom. The van der Waals surface area contributed by atoms with Crippen LogP contribution in [0.4, 0.5) is 4.39 Å². The Balaban J connectivity index is 2.22. The fourth-order valence-electron chi connectivity index (χ4n) is 1.76. The minimum atomic E-state index is -1.31. The van der Waals surface area contributed by atoms with E-state index in [-0.39, 0.29) is 23.2 Å². The van der Waals surface area contributed by atoms with Crippen LogP contribution in [-0.2, 0) is 11.3 Å². The van der Waals surface area contributed by atoms with E-state index in [9.17, 15) is 14.2 Å². The van der Waals surface area contributed by atoms with Crippen LogP contribution in [0.5, 0.6) is 0 Å². The molecular formula is C12H16BFN2O3. The lowest BCUT2D eigenvalue weighted by molar-refractivity contribution is 0.0910. The normalized spacial score (nSPS) is 14.5. The summed E-state index contributed by atoms with van der Waals surface area (Å²) in [7, 11) is -1.31. The number of hydrazine groups is 1. The maximum absolute atomic E-state index is 14.2. The molecule has 19 heavy (non-hydrogen) atoms. The number of carbonyl (C=O) groups is 1. The van der Waals surface area contributed by atoms with Crippen molar-refractivity contribution in [2.75, 3.05) is 0 Å². The van der Waals surface area contributed by atoms with Crippen LogP contribution in [0.15, 0.2) is 12.1 Å². The van der Waals surface area contributed by atoms with E-state index in [4.69, 9.17) is 4.65 Å². The predicted octanol–water partition coefficient (Wildman–Crippen LogP) is 0.0763. The number of benzene rings is 1.